The van der Waals surface area contributed by atoms with Crippen LogP contribution in [0, 0.1) is 5.82 Å². The highest BCUT2D eigenvalue weighted by atomic mass is 19.4. The van der Waals surface area contributed by atoms with Crippen LogP contribution in [0.25, 0.3) is 0 Å². The molecule has 1 aliphatic heterocycles. The van der Waals surface area contributed by atoms with Crippen molar-refractivity contribution >= 4 is 23.2 Å². The van der Waals surface area contributed by atoms with Crippen molar-refractivity contribution in [1.82, 2.24) is 10.2 Å². The first-order chi connectivity index (χ1) is 15.2. The third-order valence-electron chi connectivity index (χ3n) is 4.83. The standard InChI is InChI=1S/C21H22F4N4O3/c22-15-1-5-17(6-2-15)29-13-11-28(12-14-29)10-9-26-19(30)20(31)27-16-3-7-18(8-4-16)32-21(23,24)25/h1-8H,9-14H2,(H,26,30)(H,27,31). The monoisotopic (exact) mass is 454 g/mol. The number of carbonyl (C=O) groups is 2. The number of amides is 2. The maximum atomic E-state index is 13.0. The summed E-state index contributed by atoms with van der Waals surface area (Å²) in [7, 11) is 0. The summed E-state index contributed by atoms with van der Waals surface area (Å²) in [6, 6.07) is 10.8. The van der Waals surface area contributed by atoms with Gasteiger partial charge in [-0.1, -0.05) is 0 Å². The van der Waals surface area contributed by atoms with E-state index in [4.69, 9.17) is 0 Å². The molecule has 1 fully saturated rings. The lowest BCUT2D eigenvalue weighted by Crippen LogP contribution is -2.49. The Balaban J connectivity index is 1.36. The molecule has 0 aliphatic carbocycles. The molecule has 0 bridgehead atoms. The van der Waals surface area contributed by atoms with Gasteiger partial charge in [0, 0.05) is 50.6 Å². The molecule has 2 aromatic rings. The van der Waals surface area contributed by atoms with Crippen LogP contribution in [0.3, 0.4) is 0 Å². The van der Waals surface area contributed by atoms with E-state index >= 15 is 0 Å². The van der Waals surface area contributed by atoms with Gasteiger partial charge in [-0.25, -0.2) is 4.39 Å². The van der Waals surface area contributed by atoms with Crippen LogP contribution >= 0.6 is 0 Å². The molecule has 2 amide bonds. The molecule has 0 atom stereocenters. The zero-order valence-corrected chi connectivity index (χ0v) is 17.0. The van der Waals surface area contributed by atoms with E-state index in [0.29, 0.717) is 6.54 Å². The SMILES string of the molecule is O=C(NCCN1CCN(c2ccc(F)cc2)CC1)C(=O)Nc1ccc(OC(F)(F)F)cc1. The molecule has 0 aromatic heterocycles. The average molecular weight is 454 g/mol. The number of anilines is 2. The van der Waals surface area contributed by atoms with Crippen LogP contribution in [0.4, 0.5) is 28.9 Å². The van der Waals surface area contributed by atoms with Crippen LogP contribution in [0.15, 0.2) is 48.5 Å². The minimum Gasteiger partial charge on any atom is -0.406 e. The number of benzene rings is 2. The first-order valence-electron chi connectivity index (χ1n) is 9.87. The summed E-state index contributed by atoms with van der Waals surface area (Å²) in [6.45, 7) is 3.85. The van der Waals surface area contributed by atoms with Gasteiger partial charge in [0.15, 0.2) is 0 Å². The Hall–Kier alpha value is -3.34. The fourth-order valence-electron chi connectivity index (χ4n) is 3.22. The van der Waals surface area contributed by atoms with Crippen molar-refractivity contribution in [2.45, 2.75) is 6.36 Å². The van der Waals surface area contributed by atoms with E-state index in [9.17, 15) is 27.2 Å². The number of hydrogen-bond donors (Lipinski definition) is 2. The van der Waals surface area contributed by atoms with Crippen LogP contribution in [0.1, 0.15) is 0 Å². The van der Waals surface area contributed by atoms with Gasteiger partial charge in [0.25, 0.3) is 0 Å². The summed E-state index contributed by atoms with van der Waals surface area (Å²) in [5, 5.41) is 4.83. The zero-order valence-electron chi connectivity index (χ0n) is 17.0. The van der Waals surface area contributed by atoms with E-state index in [1.54, 1.807) is 12.1 Å². The highest BCUT2D eigenvalue weighted by Gasteiger charge is 2.31. The first kappa shape index (κ1) is 23.3. The molecular weight excluding hydrogens is 432 g/mol. The molecular formula is C21H22F4N4O3. The van der Waals surface area contributed by atoms with Crippen LogP contribution in [-0.4, -0.2) is 62.3 Å². The molecule has 1 aliphatic rings. The summed E-state index contributed by atoms with van der Waals surface area (Å²) in [4.78, 5) is 28.2. The number of rotatable bonds is 6. The van der Waals surface area contributed by atoms with Crippen LogP contribution in [-0.2, 0) is 9.59 Å². The number of carbonyl (C=O) groups excluding carboxylic acids is 2. The number of alkyl halides is 3. The number of piperazine rings is 1. The van der Waals surface area contributed by atoms with Crippen LogP contribution in [0.2, 0.25) is 0 Å². The van der Waals surface area contributed by atoms with Crippen molar-refractivity contribution in [3.63, 3.8) is 0 Å². The van der Waals surface area contributed by atoms with Crippen LogP contribution < -0.4 is 20.3 Å². The third kappa shape index (κ3) is 7.12. The molecule has 2 aromatic carbocycles. The Bertz CT molecular complexity index is 912. The predicted octanol–water partition coefficient (Wildman–Crippen LogP) is 2.60. The van der Waals surface area contributed by atoms with Gasteiger partial charge in [-0.05, 0) is 48.5 Å². The Morgan fingerprint density at radius 2 is 1.53 bits per heavy atom. The third-order valence-corrected chi connectivity index (χ3v) is 4.83. The van der Waals surface area contributed by atoms with Gasteiger partial charge in [0.05, 0.1) is 0 Å². The first-order valence-corrected chi connectivity index (χ1v) is 9.87. The second kappa shape index (κ2) is 10.3. The highest BCUT2D eigenvalue weighted by Crippen LogP contribution is 2.24. The molecule has 0 unspecified atom stereocenters. The zero-order chi connectivity index (χ0) is 23.1. The van der Waals surface area contributed by atoms with Crippen molar-refractivity contribution in [3.05, 3.63) is 54.3 Å². The van der Waals surface area contributed by atoms with Gasteiger partial charge in [-0.3, -0.25) is 14.5 Å². The fourth-order valence-corrected chi connectivity index (χ4v) is 3.22. The Kier molecular flexibility index (Phi) is 7.52. The van der Waals surface area contributed by atoms with Crippen molar-refractivity contribution in [1.29, 1.82) is 0 Å². The van der Waals surface area contributed by atoms with Gasteiger partial charge in [-0.2, -0.15) is 0 Å². The summed E-state index contributed by atoms with van der Waals surface area (Å²) in [5.41, 5.74) is 1.12. The minimum atomic E-state index is -4.81. The smallest absolute Gasteiger partial charge is 0.406 e. The summed E-state index contributed by atoms with van der Waals surface area (Å²) >= 11 is 0. The molecule has 3 rings (SSSR count). The quantitative estimate of drug-likeness (QED) is 0.519. The number of halogens is 4. The van der Waals surface area contributed by atoms with Crippen molar-refractivity contribution in [2.75, 3.05) is 49.5 Å². The van der Waals surface area contributed by atoms with Gasteiger partial charge >= 0.3 is 18.2 Å². The van der Waals surface area contributed by atoms with Crippen LogP contribution in [0.5, 0.6) is 5.75 Å². The normalized spacial score (nSPS) is 14.7. The molecule has 172 valence electrons. The van der Waals surface area contributed by atoms with Crippen molar-refractivity contribution < 1.29 is 31.9 Å². The lowest BCUT2D eigenvalue weighted by atomic mass is 10.2. The van der Waals surface area contributed by atoms with Gasteiger partial charge < -0.3 is 20.3 Å². The summed E-state index contributed by atoms with van der Waals surface area (Å²) < 4.78 is 53.3. The lowest BCUT2D eigenvalue weighted by molar-refractivity contribution is -0.274. The molecule has 1 saturated heterocycles. The Morgan fingerprint density at radius 1 is 0.906 bits per heavy atom. The maximum Gasteiger partial charge on any atom is 0.573 e. The molecule has 0 spiro atoms. The number of hydrogen-bond acceptors (Lipinski definition) is 5. The number of nitrogens with one attached hydrogen (secondary N) is 2. The Morgan fingerprint density at radius 3 is 2.12 bits per heavy atom. The predicted molar refractivity (Wildman–Crippen MR) is 110 cm³/mol. The number of ether oxygens (including phenoxy) is 1. The molecule has 0 radical (unpaired) electrons. The van der Waals surface area contributed by atoms with E-state index in [-0.39, 0.29) is 18.0 Å². The summed E-state index contributed by atoms with van der Waals surface area (Å²) in [5.74, 6) is -2.47. The Labute approximate surface area is 181 Å². The average Bonchev–Trinajstić information content (AvgIpc) is 2.75. The van der Waals surface area contributed by atoms with E-state index in [2.05, 4.69) is 25.2 Å². The number of nitrogens with zero attached hydrogens (tertiary/aromatic N) is 2. The van der Waals surface area contributed by atoms with Crippen molar-refractivity contribution in [2.24, 2.45) is 0 Å². The fraction of sp³-hybridized carbons (Fsp3) is 0.333. The maximum absolute atomic E-state index is 13.0. The van der Waals surface area contributed by atoms with E-state index < -0.39 is 23.9 Å². The van der Waals surface area contributed by atoms with E-state index in [1.807, 2.05) is 0 Å². The van der Waals surface area contributed by atoms with Gasteiger partial charge in [0.1, 0.15) is 11.6 Å². The topological polar surface area (TPSA) is 73.9 Å². The molecule has 2 N–H and O–H groups in total. The summed E-state index contributed by atoms with van der Waals surface area (Å²) in [6.07, 6.45) is -4.81. The second-order valence-electron chi connectivity index (χ2n) is 7.09. The molecule has 7 nitrogen and oxygen atoms in total. The molecule has 0 saturated carbocycles. The molecule has 11 heteroatoms. The van der Waals surface area contributed by atoms with Gasteiger partial charge in [-0.15, -0.1) is 13.2 Å². The van der Waals surface area contributed by atoms with E-state index in [0.717, 1.165) is 44.0 Å². The minimum absolute atomic E-state index is 0.164. The van der Waals surface area contributed by atoms with E-state index in [1.165, 1.54) is 24.3 Å². The largest absolute Gasteiger partial charge is 0.573 e. The molecule has 1 heterocycles. The lowest BCUT2D eigenvalue weighted by Gasteiger charge is -2.36. The molecule has 32 heavy (non-hydrogen) atoms. The highest BCUT2D eigenvalue weighted by molar-refractivity contribution is 6.39. The van der Waals surface area contributed by atoms with Crippen molar-refractivity contribution in [3.8, 4) is 5.75 Å². The van der Waals surface area contributed by atoms with Gasteiger partial charge in [0.2, 0.25) is 0 Å². The second-order valence-corrected chi connectivity index (χ2v) is 7.09.